The van der Waals surface area contributed by atoms with Gasteiger partial charge in [0.25, 0.3) is 5.91 Å². The van der Waals surface area contributed by atoms with Crippen molar-refractivity contribution in [3.63, 3.8) is 0 Å². The van der Waals surface area contributed by atoms with Gasteiger partial charge in [0.05, 0.1) is 0 Å². The van der Waals surface area contributed by atoms with Crippen LogP contribution in [0.1, 0.15) is 64.4 Å². The topological polar surface area (TPSA) is 76.7 Å². The van der Waals surface area contributed by atoms with Crippen LogP contribution in [0.5, 0.6) is 11.5 Å². The van der Waals surface area contributed by atoms with Gasteiger partial charge < -0.3 is 9.47 Å². The van der Waals surface area contributed by atoms with Crippen LogP contribution in [0.4, 0.5) is 0 Å². The fraction of sp³-hybridized carbons (Fsp3) is 0.667. The van der Waals surface area contributed by atoms with Crippen LogP contribution in [0.25, 0.3) is 0 Å². The van der Waals surface area contributed by atoms with Crippen LogP contribution >= 0.6 is 0 Å². The summed E-state index contributed by atoms with van der Waals surface area (Å²) in [5.74, 6) is 3.25. The Bertz CT molecular complexity index is 827. The van der Waals surface area contributed by atoms with Gasteiger partial charge in [-0.2, -0.15) is 0 Å². The molecule has 4 bridgehead atoms. The first kappa shape index (κ1) is 19.7. The summed E-state index contributed by atoms with van der Waals surface area (Å²) in [6.07, 6.45) is 8.95. The Hall–Kier alpha value is -2.24. The highest BCUT2D eigenvalue weighted by Crippen LogP contribution is 2.61. The Labute approximate surface area is 178 Å². The number of hydrogen-bond acceptors (Lipinski definition) is 4. The Morgan fingerprint density at radius 1 is 1.03 bits per heavy atom. The molecule has 4 saturated carbocycles. The van der Waals surface area contributed by atoms with Crippen LogP contribution in [0.15, 0.2) is 18.2 Å². The van der Waals surface area contributed by atoms with Crippen molar-refractivity contribution in [2.45, 2.75) is 70.8 Å². The van der Waals surface area contributed by atoms with Crippen LogP contribution in [0, 0.1) is 23.2 Å². The van der Waals surface area contributed by atoms with Gasteiger partial charge in [0.2, 0.25) is 5.91 Å². The van der Waals surface area contributed by atoms with Crippen molar-refractivity contribution in [2.24, 2.45) is 23.2 Å². The lowest BCUT2D eigenvalue weighted by Crippen LogP contribution is -2.50. The van der Waals surface area contributed by atoms with Crippen molar-refractivity contribution in [2.75, 3.05) is 6.61 Å². The zero-order chi connectivity index (χ0) is 20.9. The van der Waals surface area contributed by atoms with Gasteiger partial charge in [-0.05, 0) is 81.6 Å². The molecule has 0 radical (unpaired) electrons. The van der Waals surface area contributed by atoms with Crippen LogP contribution in [-0.4, -0.2) is 24.0 Å². The van der Waals surface area contributed by atoms with E-state index in [9.17, 15) is 9.59 Å². The predicted octanol–water partition coefficient (Wildman–Crippen LogP) is 3.53. The molecule has 0 unspecified atom stereocenters. The van der Waals surface area contributed by atoms with Gasteiger partial charge >= 0.3 is 0 Å². The van der Waals surface area contributed by atoms with E-state index in [1.54, 1.807) is 6.07 Å². The molecule has 6 nitrogen and oxygen atoms in total. The van der Waals surface area contributed by atoms with E-state index in [1.165, 1.54) is 38.5 Å². The van der Waals surface area contributed by atoms with Crippen molar-refractivity contribution in [1.29, 1.82) is 0 Å². The van der Waals surface area contributed by atoms with E-state index in [-0.39, 0.29) is 29.4 Å². The second-order valence-electron chi connectivity index (χ2n) is 10.8. The third kappa shape index (κ3) is 3.88. The van der Waals surface area contributed by atoms with E-state index in [4.69, 9.17) is 9.47 Å². The number of rotatable bonds is 5. The maximum absolute atomic E-state index is 12.5. The fourth-order valence-electron chi connectivity index (χ4n) is 6.91. The molecule has 1 heterocycles. The van der Waals surface area contributed by atoms with Crippen molar-refractivity contribution < 1.29 is 19.1 Å². The van der Waals surface area contributed by atoms with Gasteiger partial charge in [-0.15, -0.1) is 0 Å². The molecule has 0 spiro atoms. The lowest BCUT2D eigenvalue weighted by Gasteiger charge is -2.56. The number of carbonyl (C=O) groups excluding carboxylic acids is 2. The summed E-state index contributed by atoms with van der Waals surface area (Å²) in [7, 11) is 0. The van der Waals surface area contributed by atoms with E-state index < -0.39 is 0 Å². The number of fused-ring (bicyclic) bond motifs is 1. The summed E-state index contributed by atoms with van der Waals surface area (Å²) in [5.41, 5.74) is 6.10. The van der Waals surface area contributed by atoms with Gasteiger partial charge in [0, 0.05) is 18.4 Å². The van der Waals surface area contributed by atoms with Crippen molar-refractivity contribution in [3.05, 3.63) is 23.8 Å². The smallest absolute Gasteiger partial charge is 0.276 e. The first-order valence-electron chi connectivity index (χ1n) is 11.3. The maximum Gasteiger partial charge on any atom is 0.276 e. The first-order chi connectivity index (χ1) is 14.3. The molecule has 1 aromatic rings. The summed E-state index contributed by atoms with van der Waals surface area (Å²) in [4.78, 5) is 24.8. The van der Waals surface area contributed by atoms with E-state index in [1.807, 2.05) is 26.0 Å². The van der Waals surface area contributed by atoms with Crippen LogP contribution in [0.2, 0.25) is 0 Å². The highest BCUT2D eigenvalue weighted by atomic mass is 16.5. The molecule has 1 aliphatic heterocycles. The Morgan fingerprint density at radius 3 is 2.33 bits per heavy atom. The third-order valence-electron chi connectivity index (χ3n) is 7.46. The average molecular weight is 413 g/mol. The highest BCUT2D eigenvalue weighted by Gasteiger charge is 2.51. The number of nitrogens with one attached hydrogen (secondary N) is 2. The van der Waals surface area contributed by atoms with Gasteiger partial charge in [0.15, 0.2) is 18.1 Å². The molecule has 5 aliphatic rings. The monoisotopic (exact) mass is 412 g/mol. The van der Waals surface area contributed by atoms with Gasteiger partial charge in [-0.25, -0.2) is 0 Å². The summed E-state index contributed by atoms with van der Waals surface area (Å²) in [6.45, 7) is 3.89. The average Bonchev–Trinajstić information content (AvgIpc) is 2.97. The first-order valence-corrected chi connectivity index (χ1v) is 11.3. The number of ether oxygens (including phenoxy) is 2. The van der Waals surface area contributed by atoms with E-state index in [2.05, 4.69) is 10.9 Å². The number of amides is 2. The van der Waals surface area contributed by atoms with Crippen molar-refractivity contribution in [1.82, 2.24) is 10.9 Å². The molecule has 30 heavy (non-hydrogen) atoms. The second kappa shape index (κ2) is 7.17. The fourth-order valence-corrected chi connectivity index (χ4v) is 6.91. The van der Waals surface area contributed by atoms with Crippen LogP contribution in [0.3, 0.4) is 0 Å². The van der Waals surface area contributed by atoms with Gasteiger partial charge in [0.1, 0.15) is 5.60 Å². The van der Waals surface area contributed by atoms with Crippen molar-refractivity contribution in [3.8, 4) is 11.5 Å². The van der Waals surface area contributed by atoms with E-state index in [0.717, 1.165) is 29.7 Å². The summed E-state index contributed by atoms with van der Waals surface area (Å²) < 4.78 is 11.6. The maximum atomic E-state index is 12.5. The molecule has 6 heteroatoms. The number of carbonyl (C=O) groups is 2. The minimum atomic E-state index is -0.372. The summed E-state index contributed by atoms with van der Waals surface area (Å²) in [5, 5.41) is 0. The van der Waals surface area contributed by atoms with Crippen LogP contribution < -0.4 is 20.3 Å². The molecular weight excluding hydrogens is 380 g/mol. The molecule has 4 aliphatic carbocycles. The predicted molar refractivity (Wildman–Crippen MR) is 112 cm³/mol. The van der Waals surface area contributed by atoms with Crippen LogP contribution in [-0.2, 0) is 16.0 Å². The standard InChI is InChI=1S/C24H32N2O4/c1-23(2)12-18-4-3-5-19(22(18)30-23)29-14-21(28)26-25-20(27)13-24-9-15-6-16(10-24)8-17(7-15)11-24/h3-5,15-17H,6-14H2,1-2H3,(H,25,27)(H,26,28). The Morgan fingerprint density at radius 2 is 1.67 bits per heavy atom. The zero-order valence-electron chi connectivity index (χ0n) is 18.0. The summed E-state index contributed by atoms with van der Waals surface area (Å²) in [6, 6.07) is 5.73. The molecule has 2 amide bonds. The Balaban J connectivity index is 1.10. The van der Waals surface area contributed by atoms with E-state index in [0.29, 0.717) is 17.9 Å². The Kier molecular flexibility index (Phi) is 4.71. The van der Waals surface area contributed by atoms with Gasteiger partial charge in [-0.3, -0.25) is 20.4 Å². The normalized spacial score (nSPS) is 32.3. The molecule has 2 N–H and O–H groups in total. The lowest BCUT2D eigenvalue weighted by atomic mass is 9.49. The lowest BCUT2D eigenvalue weighted by molar-refractivity contribution is -0.134. The largest absolute Gasteiger partial charge is 0.483 e. The SMILES string of the molecule is CC1(C)Cc2cccc(OCC(=O)NNC(=O)CC34CC5CC(CC(C5)C3)C4)c2O1. The number of para-hydroxylation sites is 1. The number of benzene rings is 1. The molecule has 4 fully saturated rings. The summed E-state index contributed by atoms with van der Waals surface area (Å²) >= 11 is 0. The third-order valence-corrected chi connectivity index (χ3v) is 7.46. The molecule has 162 valence electrons. The minimum absolute atomic E-state index is 0.0871. The molecule has 0 aromatic heterocycles. The molecule has 1 aromatic carbocycles. The number of hydrogen-bond donors (Lipinski definition) is 2. The number of hydrazine groups is 1. The highest BCUT2D eigenvalue weighted by molar-refractivity contribution is 5.83. The minimum Gasteiger partial charge on any atom is -0.483 e. The molecule has 6 rings (SSSR count). The second-order valence-corrected chi connectivity index (χ2v) is 10.8. The zero-order valence-corrected chi connectivity index (χ0v) is 18.0. The van der Waals surface area contributed by atoms with Crippen molar-refractivity contribution >= 4 is 11.8 Å². The van der Waals surface area contributed by atoms with Gasteiger partial charge in [-0.1, -0.05) is 12.1 Å². The molecular formula is C24H32N2O4. The molecule has 0 atom stereocenters. The quantitative estimate of drug-likeness (QED) is 0.726. The molecule has 0 saturated heterocycles. The van der Waals surface area contributed by atoms with E-state index >= 15 is 0 Å².